The van der Waals surface area contributed by atoms with Gasteiger partial charge in [-0.1, -0.05) is 42.5 Å². The fraction of sp³-hybridized carbons (Fsp3) is 0.125. The van der Waals surface area contributed by atoms with Crippen LogP contribution < -0.4 is 10.5 Å². The van der Waals surface area contributed by atoms with Crippen LogP contribution in [-0.2, 0) is 0 Å². The second-order valence-electron chi connectivity index (χ2n) is 4.15. The topological polar surface area (TPSA) is 35.2 Å². The minimum atomic E-state index is 0.165. The van der Waals surface area contributed by atoms with Gasteiger partial charge in [-0.2, -0.15) is 0 Å². The van der Waals surface area contributed by atoms with Crippen LogP contribution in [0.2, 0.25) is 0 Å². The molecule has 2 aromatic rings. The maximum absolute atomic E-state index is 12.3. The number of ether oxygens (including phenoxy) is 1. The molecule has 0 fully saturated rings. The molecule has 0 amide bonds. The van der Waals surface area contributed by atoms with Crippen molar-refractivity contribution in [2.45, 2.75) is 0 Å². The number of benzene rings is 2. The summed E-state index contributed by atoms with van der Waals surface area (Å²) in [4.78, 5) is 0. The first-order valence-electron chi connectivity index (χ1n) is 6.10. The fourth-order valence-corrected chi connectivity index (χ4v) is 1.69. The highest BCUT2D eigenvalue weighted by Gasteiger charge is 2.00. The zero-order valence-electron chi connectivity index (χ0n) is 10.6. The minimum Gasteiger partial charge on any atom is -0.489 e. The van der Waals surface area contributed by atoms with Crippen LogP contribution >= 0.6 is 0 Å². The predicted octanol–water partition coefficient (Wildman–Crippen LogP) is 3.54. The van der Waals surface area contributed by atoms with E-state index in [-0.39, 0.29) is 13.2 Å². The van der Waals surface area contributed by atoms with Gasteiger partial charge in [0, 0.05) is 12.1 Å². The van der Waals surface area contributed by atoms with Crippen molar-refractivity contribution in [3.8, 4) is 16.9 Å². The Labute approximate surface area is 112 Å². The lowest BCUT2D eigenvalue weighted by atomic mass is 10.1. The summed E-state index contributed by atoms with van der Waals surface area (Å²) in [5.41, 5.74) is 8.07. The molecule has 0 bridgehead atoms. The van der Waals surface area contributed by atoms with E-state index in [4.69, 9.17) is 10.5 Å². The molecule has 2 aromatic carbocycles. The summed E-state index contributed by atoms with van der Waals surface area (Å²) in [7, 11) is 0. The molecule has 19 heavy (non-hydrogen) atoms. The third-order valence-corrected chi connectivity index (χ3v) is 2.80. The third-order valence-electron chi connectivity index (χ3n) is 2.80. The van der Waals surface area contributed by atoms with E-state index in [1.54, 1.807) is 0 Å². The monoisotopic (exact) mass is 257 g/mol. The summed E-state index contributed by atoms with van der Waals surface area (Å²) in [6, 6.07) is 17.8. The smallest absolute Gasteiger partial charge is 0.119 e. The maximum atomic E-state index is 12.3. The molecule has 0 radical (unpaired) electrons. The van der Waals surface area contributed by atoms with E-state index in [0.29, 0.717) is 17.7 Å². The standard InChI is InChI=1S/C16H16FNO/c17-10-13(11-18)12-19-16-8-6-15(7-9-16)14-4-2-1-3-5-14/h1-10H,11-12,18H2/b13-10+. The molecule has 0 unspecified atom stereocenters. The lowest BCUT2D eigenvalue weighted by molar-refractivity contribution is 0.347. The van der Waals surface area contributed by atoms with Crippen LogP contribution in [-0.4, -0.2) is 13.2 Å². The quantitative estimate of drug-likeness (QED) is 0.889. The molecule has 0 heterocycles. The van der Waals surface area contributed by atoms with Gasteiger partial charge in [-0.05, 0) is 23.3 Å². The second-order valence-corrected chi connectivity index (χ2v) is 4.15. The van der Waals surface area contributed by atoms with Gasteiger partial charge in [-0.3, -0.25) is 0 Å². The van der Waals surface area contributed by atoms with E-state index in [1.165, 1.54) is 0 Å². The van der Waals surface area contributed by atoms with Crippen LogP contribution in [0.25, 0.3) is 11.1 Å². The van der Waals surface area contributed by atoms with Crippen molar-refractivity contribution >= 4 is 0 Å². The Morgan fingerprint density at radius 2 is 1.63 bits per heavy atom. The average Bonchev–Trinajstić information content (AvgIpc) is 2.50. The zero-order chi connectivity index (χ0) is 13.5. The molecule has 0 aliphatic carbocycles. The Balaban J connectivity index is 2.03. The highest BCUT2D eigenvalue weighted by atomic mass is 19.1. The zero-order valence-corrected chi connectivity index (χ0v) is 10.6. The van der Waals surface area contributed by atoms with Gasteiger partial charge in [0.1, 0.15) is 12.4 Å². The molecule has 0 saturated heterocycles. The SMILES string of the molecule is NC/C(=C\F)COc1ccc(-c2ccccc2)cc1. The summed E-state index contributed by atoms with van der Waals surface area (Å²) in [5, 5.41) is 0. The first kappa shape index (κ1) is 13.3. The lowest BCUT2D eigenvalue weighted by Gasteiger charge is -2.08. The van der Waals surface area contributed by atoms with Crippen LogP contribution in [0.1, 0.15) is 0 Å². The number of nitrogens with two attached hydrogens (primary N) is 1. The van der Waals surface area contributed by atoms with E-state index in [9.17, 15) is 4.39 Å². The van der Waals surface area contributed by atoms with Gasteiger partial charge in [-0.15, -0.1) is 0 Å². The first-order valence-corrected chi connectivity index (χ1v) is 6.10. The lowest BCUT2D eigenvalue weighted by Crippen LogP contribution is -2.10. The molecule has 2 N–H and O–H groups in total. The molecule has 2 rings (SSSR count). The van der Waals surface area contributed by atoms with Gasteiger partial charge in [-0.25, -0.2) is 4.39 Å². The van der Waals surface area contributed by atoms with Crippen LogP contribution in [0.3, 0.4) is 0 Å². The minimum absolute atomic E-state index is 0.165. The molecule has 0 spiro atoms. The van der Waals surface area contributed by atoms with Crippen molar-refractivity contribution < 1.29 is 9.13 Å². The third kappa shape index (κ3) is 3.66. The number of rotatable bonds is 5. The summed E-state index contributed by atoms with van der Waals surface area (Å²) < 4.78 is 17.8. The number of halogens is 1. The predicted molar refractivity (Wildman–Crippen MR) is 75.6 cm³/mol. The van der Waals surface area contributed by atoms with E-state index in [0.717, 1.165) is 11.1 Å². The summed E-state index contributed by atoms with van der Waals surface area (Å²) in [6.45, 7) is 0.344. The van der Waals surface area contributed by atoms with Gasteiger partial charge in [0.25, 0.3) is 0 Å². The van der Waals surface area contributed by atoms with Gasteiger partial charge >= 0.3 is 0 Å². The molecular weight excluding hydrogens is 241 g/mol. The Bertz CT molecular complexity index is 534. The molecule has 3 heteroatoms. The number of hydrogen-bond donors (Lipinski definition) is 1. The van der Waals surface area contributed by atoms with E-state index in [1.807, 2.05) is 54.6 Å². The van der Waals surface area contributed by atoms with Crippen molar-refractivity contribution in [3.63, 3.8) is 0 Å². The van der Waals surface area contributed by atoms with Crippen LogP contribution in [0.15, 0.2) is 66.5 Å². The van der Waals surface area contributed by atoms with Gasteiger partial charge in [0.05, 0.1) is 6.33 Å². The molecule has 0 aromatic heterocycles. The summed E-state index contributed by atoms with van der Waals surface area (Å²) in [5.74, 6) is 0.701. The highest BCUT2D eigenvalue weighted by Crippen LogP contribution is 2.22. The molecule has 98 valence electrons. The van der Waals surface area contributed by atoms with E-state index >= 15 is 0 Å². The maximum Gasteiger partial charge on any atom is 0.119 e. The van der Waals surface area contributed by atoms with Crippen molar-refractivity contribution in [1.29, 1.82) is 0 Å². The molecular formula is C16H16FNO. The van der Waals surface area contributed by atoms with Gasteiger partial charge in [0.2, 0.25) is 0 Å². The van der Waals surface area contributed by atoms with Crippen molar-refractivity contribution in [1.82, 2.24) is 0 Å². The van der Waals surface area contributed by atoms with Crippen molar-refractivity contribution in [2.75, 3.05) is 13.2 Å². The van der Waals surface area contributed by atoms with Gasteiger partial charge < -0.3 is 10.5 Å². The average molecular weight is 257 g/mol. The van der Waals surface area contributed by atoms with Crippen LogP contribution in [0.4, 0.5) is 4.39 Å². The number of hydrogen-bond acceptors (Lipinski definition) is 2. The van der Waals surface area contributed by atoms with E-state index in [2.05, 4.69) is 0 Å². The summed E-state index contributed by atoms with van der Waals surface area (Å²) >= 11 is 0. The molecule has 0 aliphatic rings. The molecule has 2 nitrogen and oxygen atoms in total. The second kappa shape index (κ2) is 6.71. The normalized spacial score (nSPS) is 11.4. The molecule has 0 aliphatic heterocycles. The summed E-state index contributed by atoms with van der Waals surface area (Å²) in [6.07, 6.45) is 0.498. The molecule has 0 saturated carbocycles. The van der Waals surface area contributed by atoms with Crippen LogP contribution in [0, 0.1) is 0 Å². The van der Waals surface area contributed by atoms with Crippen molar-refractivity contribution in [3.05, 3.63) is 66.5 Å². The fourth-order valence-electron chi connectivity index (χ4n) is 1.69. The van der Waals surface area contributed by atoms with Crippen molar-refractivity contribution in [2.24, 2.45) is 5.73 Å². The van der Waals surface area contributed by atoms with Gasteiger partial charge in [0.15, 0.2) is 0 Å². The Morgan fingerprint density at radius 3 is 2.21 bits per heavy atom. The molecule has 0 atom stereocenters. The highest BCUT2D eigenvalue weighted by molar-refractivity contribution is 5.63. The van der Waals surface area contributed by atoms with E-state index < -0.39 is 0 Å². The Morgan fingerprint density at radius 1 is 1.00 bits per heavy atom. The first-order chi connectivity index (χ1) is 9.33. The Kier molecular flexibility index (Phi) is 4.70. The Hall–Kier alpha value is -2.13. The largest absolute Gasteiger partial charge is 0.489 e. The van der Waals surface area contributed by atoms with Crippen LogP contribution in [0.5, 0.6) is 5.75 Å².